The summed E-state index contributed by atoms with van der Waals surface area (Å²) in [5, 5.41) is 3.58. The molecule has 1 aliphatic heterocycles. The van der Waals surface area contributed by atoms with E-state index in [2.05, 4.69) is 39.0 Å². The molecule has 4 heterocycles. The van der Waals surface area contributed by atoms with Crippen molar-refractivity contribution in [3.63, 3.8) is 0 Å². The number of halogens is 2. The first kappa shape index (κ1) is 27.4. The first-order valence-corrected chi connectivity index (χ1v) is 13.5. The van der Waals surface area contributed by atoms with E-state index in [-0.39, 0.29) is 22.2 Å². The lowest BCUT2D eigenvalue weighted by Gasteiger charge is -2.25. The van der Waals surface area contributed by atoms with Crippen LogP contribution in [0.5, 0.6) is 0 Å². The van der Waals surface area contributed by atoms with Gasteiger partial charge in [0.15, 0.2) is 0 Å². The summed E-state index contributed by atoms with van der Waals surface area (Å²) in [6, 6.07) is 3.96. The number of aromatic nitrogens is 4. The van der Waals surface area contributed by atoms with Crippen molar-refractivity contribution in [2.45, 2.75) is 47.5 Å². The Hall–Kier alpha value is -4.21. The van der Waals surface area contributed by atoms with Gasteiger partial charge in [0, 0.05) is 79.5 Å². The van der Waals surface area contributed by atoms with Crippen LogP contribution < -0.4 is 15.1 Å². The van der Waals surface area contributed by atoms with Gasteiger partial charge in [-0.15, -0.1) is 0 Å². The maximum absolute atomic E-state index is 15.4. The highest BCUT2D eigenvalue weighted by Gasteiger charge is 2.38. The maximum atomic E-state index is 15.4. The highest BCUT2D eigenvalue weighted by atomic mass is 19.1. The van der Waals surface area contributed by atoms with E-state index in [9.17, 15) is 9.18 Å². The zero-order chi connectivity index (χ0) is 28.6. The van der Waals surface area contributed by atoms with Crippen molar-refractivity contribution in [3.05, 3.63) is 60.3 Å². The van der Waals surface area contributed by atoms with Gasteiger partial charge in [-0.2, -0.15) is 0 Å². The van der Waals surface area contributed by atoms with Crippen molar-refractivity contribution >= 4 is 39.8 Å². The number of pyridine rings is 2. The van der Waals surface area contributed by atoms with Gasteiger partial charge in [0.1, 0.15) is 29.6 Å². The topological polar surface area (TPSA) is 87.1 Å². The van der Waals surface area contributed by atoms with Crippen LogP contribution in [0.25, 0.3) is 22.0 Å². The average Bonchev–Trinajstić information content (AvgIpc) is 3.20. The molecule has 1 saturated heterocycles. The van der Waals surface area contributed by atoms with Crippen LogP contribution in [0.1, 0.15) is 46.1 Å². The average molecular weight is 546 g/mol. The summed E-state index contributed by atoms with van der Waals surface area (Å²) >= 11 is 0. The second kappa shape index (κ2) is 10.7. The van der Waals surface area contributed by atoms with Crippen LogP contribution in [0, 0.1) is 24.0 Å². The zero-order valence-corrected chi connectivity index (χ0v) is 23.4. The molecule has 1 aromatic carbocycles. The van der Waals surface area contributed by atoms with E-state index in [1.165, 1.54) is 12.4 Å². The first-order valence-electron chi connectivity index (χ1n) is 13.5. The van der Waals surface area contributed by atoms with Gasteiger partial charge in [0.05, 0.1) is 22.3 Å². The SMILES string of the molecule is CCCN(CC)c1cc(Nc2c(C)c(N3CC(C)(C)CC3=O)nc3cc(F)cc(F)c23)c(-c2cncnc2)cn1. The van der Waals surface area contributed by atoms with E-state index in [1.807, 2.05) is 19.9 Å². The number of hydrogen-bond acceptors (Lipinski definition) is 7. The number of nitrogens with one attached hydrogen (secondary N) is 1. The summed E-state index contributed by atoms with van der Waals surface area (Å²) in [5.74, 6) is -0.415. The van der Waals surface area contributed by atoms with Crippen molar-refractivity contribution < 1.29 is 13.6 Å². The fourth-order valence-corrected chi connectivity index (χ4v) is 5.31. The van der Waals surface area contributed by atoms with Crippen LogP contribution in [-0.2, 0) is 4.79 Å². The largest absolute Gasteiger partial charge is 0.357 e. The Morgan fingerprint density at radius 1 is 1.10 bits per heavy atom. The van der Waals surface area contributed by atoms with Gasteiger partial charge in [0.25, 0.3) is 0 Å². The second-order valence-electron chi connectivity index (χ2n) is 11.0. The molecule has 3 aromatic heterocycles. The molecule has 1 amide bonds. The lowest BCUT2D eigenvalue weighted by atomic mass is 9.93. The van der Waals surface area contributed by atoms with Gasteiger partial charge >= 0.3 is 0 Å². The summed E-state index contributed by atoms with van der Waals surface area (Å²) < 4.78 is 29.8. The summed E-state index contributed by atoms with van der Waals surface area (Å²) in [7, 11) is 0. The van der Waals surface area contributed by atoms with E-state index in [0.717, 1.165) is 37.0 Å². The third-order valence-corrected chi connectivity index (χ3v) is 7.21. The molecule has 0 saturated carbocycles. The molecular formula is C30H33F2N7O. The minimum Gasteiger partial charge on any atom is -0.357 e. The van der Waals surface area contributed by atoms with E-state index in [4.69, 9.17) is 4.98 Å². The van der Waals surface area contributed by atoms with Crippen LogP contribution in [0.15, 0.2) is 43.1 Å². The molecule has 0 bridgehead atoms. The van der Waals surface area contributed by atoms with Crippen molar-refractivity contribution in [3.8, 4) is 11.1 Å². The molecule has 0 radical (unpaired) electrons. The third kappa shape index (κ3) is 5.17. The van der Waals surface area contributed by atoms with Gasteiger partial charge in [-0.05, 0) is 25.7 Å². The Kier molecular flexibility index (Phi) is 7.35. The lowest BCUT2D eigenvalue weighted by molar-refractivity contribution is -0.117. The van der Waals surface area contributed by atoms with Crippen molar-refractivity contribution in [2.75, 3.05) is 34.8 Å². The molecule has 0 aliphatic carbocycles. The fraction of sp³-hybridized carbons (Fsp3) is 0.367. The molecule has 1 N–H and O–H groups in total. The maximum Gasteiger partial charge on any atom is 0.228 e. The monoisotopic (exact) mass is 545 g/mol. The molecule has 0 atom stereocenters. The van der Waals surface area contributed by atoms with Gasteiger partial charge in [-0.3, -0.25) is 9.69 Å². The second-order valence-corrected chi connectivity index (χ2v) is 11.0. The number of hydrogen-bond donors (Lipinski definition) is 1. The van der Waals surface area contributed by atoms with Crippen LogP contribution in [-0.4, -0.2) is 45.5 Å². The van der Waals surface area contributed by atoms with Crippen LogP contribution in [0.3, 0.4) is 0 Å². The van der Waals surface area contributed by atoms with Gasteiger partial charge < -0.3 is 10.2 Å². The number of amides is 1. The number of rotatable bonds is 8. The van der Waals surface area contributed by atoms with Crippen molar-refractivity contribution in [2.24, 2.45) is 5.41 Å². The fourth-order valence-electron chi connectivity index (χ4n) is 5.31. The molecule has 0 unspecified atom stereocenters. The summed E-state index contributed by atoms with van der Waals surface area (Å²) in [6.07, 6.45) is 7.87. The number of fused-ring (bicyclic) bond motifs is 1. The van der Waals surface area contributed by atoms with E-state index >= 15 is 4.39 Å². The summed E-state index contributed by atoms with van der Waals surface area (Å²) in [5.41, 5.74) is 2.95. The molecule has 40 heavy (non-hydrogen) atoms. The van der Waals surface area contributed by atoms with E-state index in [1.54, 1.807) is 30.4 Å². The van der Waals surface area contributed by atoms with Gasteiger partial charge in [-0.1, -0.05) is 20.8 Å². The number of benzene rings is 1. The Morgan fingerprint density at radius 2 is 1.85 bits per heavy atom. The van der Waals surface area contributed by atoms with Crippen LogP contribution in [0.2, 0.25) is 0 Å². The smallest absolute Gasteiger partial charge is 0.228 e. The zero-order valence-electron chi connectivity index (χ0n) is 23.4. The Bertz CT molecular complexity index is 1580. The Labute approximate surface area is 232 Å². The number of nitrogens with zero attached hydrogens (tertiary/aromatic N) is 6. The molecule has 8 nitrogen and oxygen atoms in total. The minimum absolute atomic E-state index is 0.0748. The quantitative estimate of drug-likeness (QED) is 0.274. The minimum atomic E-state index is -0.743. The van der Waals surface area contributed by atoms with Crippen LogP contribution in [0.4, 0.5) is 31.8 Å². The van der Waals surface area contributed by atoms with Gasteiger partial charge in [-0.25, -0.2) is 28.7 Å². The van der Waals surface area contributed by atoms with Gasteiger partial charge in [0.2, 0.25) is 5.91 Å². The van der Waals surface area contributed by atoms with E-state index in [0.29, 0.717) is 41.3 Å². The van der Waals surface area contributed by atoms with E-state index < -0.39 is 11.6 Å². The molecule has 0 spiro atoms. The first-order chi connectivity index (χ1) is 19.1. The number of carbonyl (C=O) groups excluding carboxylic acids is 1. The predicted molar refractivity (Wildman–Crippen MR) is 154 cm³/mol. The predicted octanol–water partition coefficient (Wildman–Crippen LogP) is 6.42. The standard InChI is InChI=1S/C30H33F2N7O/c1-6-8-38(7-2)25-11-23(21(15-35-25)19-13-33-17-34-14-19)36-28-18(3)29(39-16-30(4,5)12-26(39)40)37-24-10-20(31)9-22(32)27(24)28/h9-11,13-15,17H,6-8,12,16H2,1-5H3,(H,35,36,37). The lowest BCUT2D eigenvalue weighted by Crippen LogP contribution is -2.28. The normalized spacial score (nSPS) is 14.7. The van der Waals surface area contributed by atoms with Crippen LogP contribution >= 0.6 is 0 Å². The molecule has 10 heteroatoms. The molecular weight excluding hydrogens is 512 g/mol. The molecule has 5 rings (SSSR count). The number of carbonyl (C=O) groups is 1. The molecule has 1 aliphatic rings. The van der Waals surface area contributed by atoms with Crippen molar-refractivity contribution in [1.82, 2.24) is 19.9 Å². The highest BCUT2D eigenvalue weighted by Crippen LogP contribution is 2.42. The Balaban J connectivity index is 1.73. The summed E-state index contributed by atoms with van der Waals surface area (Å²) in [6.45, 7) is 12.0. The Morgan fingerprint density at radius 3 is 2.50 bits per heavy atom. The molecule has 208 valence electrons. The third-order valence-electron chi connectivity index (χ3n) is 7.21. The highest BCUT2D eigenvalue weighted by molar-refractivity contribution is 6.03. The van der Waals surface area contributed by atoms with Crippen molar-refractivity contribution in [1.29, 1.82) is 0 Å². The molecule has 1 fully saturated rings. The number of anilines is 4. The summed E-state index contributed by atoms with van der Waals surface area (Å²) in [4.78, 5) is 34.4. The molecule has 4 aromatic rings.